The average Bonchev–Trinajstić information content (AvgIpc) is 2.93. The highest BCUT2D eigenvalue weighted by Crippen LogP contribution is 2.13. The van der Waals surface area contributed by atoms with Gasteiger partial charge in [0.1, 0.15) is 0 Å². The van der Waals surface area contributed by atoms with Crippen molar-refractivity contribution in [2.75, 3.05) is 5.32 Å². The van der Waals surface area contributed by atoms with Gasteiger partial charge in [-0.2, -0.15) is 10.2 Å². The first-order chi connectivity index (χ1) is 9.10. The van der Waals surface area contributed by atoms with E-state index in [9.17, 15) is 0 Å². The van der Waals surface area contributed by atoms with Crippen molar-refractivity contribution >= 4 is 18.2 Å². The van der Waals surface area contributed by atoms with Crippen LogP contribution < -0.4 is 5.32 Å². The number of halogens is 1. The van der Waals surface area contributed by atoms with Crippen LogP contribution in [0.4, 0.5) is 5.82 Å². The number of hydrogen-bond acceptors (Lipinski definition) is 3. The molecule has 0 spiro atoms. The summed E-state index contributed by atoms with van der Waals surface area (Å²) in [5, 5.41) is 12.2. The normalized spacial score (nSPS) is 10.7. The van der Waals surface area contributed by atoms with Gasteiger partial charge in [-0.05, 0) is 25.8 Å². The molecule has 2 rings (SSSR count). The monoisotopic (exact) mass is 297 g/mol. The lowest BCUT2D eigenvalue weighted by Crippen LogP contribution is -2.13. The second-order valence-corrected chi connectivity index (χ2v) is 5.27. The van der Waals surface area contributed by atoms with Crippen molar-refractivity contribution in [1.29, 1.82) is 0 Å². The summed E-state index contributed by atoms with van der Waals surface area (Å²) in [4.78, 5) is 0. The van der Waals surface area contributed by atoms with E-state index in [1.807, 2.05) is 10.9 Å². The van der Waals surface area contributed by atoms with Gasteiger partial charge in [-0.15, -0.1) is 12.4 Å². The number of nitrogens with zero attached hydrogens (tertiary/aromatic N) is 4. The van der Waals surface area contributed by atoms with E-state index in [0.717, 1.165) is 25.5 Å². The Hall–Kier alpha value is -1.49. The standard InChI is InChI=1S/C14H23N5.ClH/c1-5-18-10-12(4)14(17-18)15-8-13-6-7-16-19(13)9-11(2)3;/h6-7,10-11H,5,8-9H2,1-4H3,(H,15,17);1H. The number of aryl methyl sites for hydroxylation is 2. The molecule has 0 fully saturated rings. The molecule has 0 aromatic carbocycles. The van der Waals surface area contributed by atoms with Crippen LogP contribution >= 0.6 is 12.4 Å². The molecule has 0 saturated heterocycles. The van der Waals surface area contributed by atoms with E-state index in [4.69, 9.17) is 0 Å². The molecule has 0 aliphatic heterocycles. The number of anilines is 1. The molecule has 0 radical (unpaired) electrons. The molecule has 2 aromatic heterocycles. The number of aromatic nitrogens is 4. The highest BCUT2D eigenvalue weighted by Gasteiger charge is 2.07. The van der Waals surface area contributed by atoms with Gasteiger partial charge in [-0.1, -0.05) is 13.8 Å². The summed E-state index contributed by atoms with van der Waals surface area (Å²) in [5.74, 6) is 1.55. The van der Waals surface area contributed by atoms with Crippen LogP contribution in [-0.2, 0) is 19.6 Å². The Labute approximate surface area is 126 Å². The minimum atomic E-state index is 0. The third-order valence-electron chi connectivity index (χ3n) is 3.05. The molecule has 6 heteroatoms. The highest BCUT2D eigenvalue weighted by atomic mass is 35.5. The topological polar surface area (TPSA) is 47.7 Å². The van der Waals surface area contributed by atoms with E-state index in [1.165, 1.54) is 11.3 Å². The zero-order valence-corrected chi connectivity index (χ0v) is 13.4. The Morgan fingerprint density at radius 2 is 2.10 bits per heavy atom. The van der Waals surface area contributed by atoms with Crippen LogP contribution in [0, 0.1) is 12.8 Å². The van der Waals surface area contributed by atoms with Crippen LogP contribution in [0.15, 0.2) is 18.5 Å². The molecule has 2 aromatic rings. The summed E-state index contributed by atoms with van der Waals surface area (Å²) in [7, 11) is 0. The largest absolute Gasteiger partial charge is 0.363 e. The Bertz CT molecular complexity index is 529. The van der Waals surface area contributed by atoms with Crippen molar-refractivity contribution in [3.05, 3.63) is 29.7 Å². The predicted octanol–water partition coefficient (Wildman–Crippen LogP) is 3.10. The fourth-order valence-corrected chi connectivity index (χ4v) is 2.05. The predicted molar refractivity (Wildman–Crippen MR) is 84.3 cm³/mol. The minimum absolute atomic E-state index is 0. The molecule has 0 aliphatic rings. The van der Waals surface area contributed by atoms with E-state index in [0.29, 0.717) is 5.92 Å². The fourth-order valence-electron chi connectivity index (χ4n) is 2.05. The van der Waals surface area contributed by atoms with Crippen LogP contribution in [0.2, 0.25) is 0 Å². The molecule has 0 saturated carbocycles. The van der Waals surface area contributed by atoms with Crippen LogP contribution in [0.3, 0.4) is 0 Å². The Morgan fingerprint density at radius 3 is 2.70 bits per heavy atom. The maximum absolute atomic E-state index is 4.49. The first kappa shape index (κ1) is 16.6. The van der Waals surface area contributed by atoms with Gasteiger partial charge in [0, 0.05) is 31.0 Å². The van der Waals surface area contributed by atoms with Gasteiger partial charge in [0.05, 0.1) is 12.2 Å². The molecule has 20 heavy (non-hydrogen) atoms. The zero-order valence-electron chi connectivity index (χ0n) is 12.6. The summed E-state index contributed by atoms with van der Waals surface area (Å²) in [6.45, 7) is 11.2. The summed E-state index contributed by atoms with van der Waals surface area (Å²) < 4.78 is 4.01. The van der Waals surface area contributed by atoms with E-state index in [2.05, 4.69) is 60.2 Å². The van der Waals surface area contributed by atoms with E-state index in [1.54, 1.807) is 0 Å². The van der Waals surface area contributed by atoms with Gasteiger partial charge in [-0.3, -0.25) is 9.36 Å². The number of rotatable bonds is 6. The molecule has 1 N–H and O–H groups in total. The molecule has 0 bridgehead atoms. The third kappa shape index (κ3) is 4.00. The van der Waals surface area contributed by atoms with Gasteiger partial charge in [0.2, 0.25) is 0 Å². The lowest BCUT2D eigenvalue weighted by molar-refractivity contribution is 0.470. The van der Waals surface area contributed by atoms with Gasteiger partial charge in [0.15, 0.2) is 5.82 Å². The molecule has 5 nitrogen and oxygen atoms in total. The quantitative estimate of drug-likeness (QED) is 0.891. The number of hydrogen-bond donors (Lipinski definition) is 1. The lowest BCUT2D eigenvalue weighted by Gasteiger charge is -2.10. The van der Waals surface area contributed by atoms with Crippen molar-refractivity contribution in [1.82, 2.24) is 19.6 Å². The van der Waals surface area contributed by atoms with Crippen molar-refractivity contribution in [3.63, 3.8) is 0 Å². The van der Waals surface area contributed by atoms with Crippen LogP contribution in [0.5, 0.6) is 0 Å². The third-order valence-corrected chi connectivity index (χ3v) is 3.05. The van der Waals surface area contributed by atoms with Crippen molar-refractivity contribution in [2.45, 2.75) is 47.3 Å². The molecule has 0 aliphatic carbocycles. The molecule has 0 atom stereocenters. The van der Waals surface area contributed by atoms with E-state index in [-0.39, 0.29) is 12.4 Å². The molecule has 0 amide bonds. The summed E-state index contributed by atoms with van der Waals surface area (Å²) in [5.41, 5.74) is 2.37. The van der Waals surface area contributed by atoms with Gasteiger partial charge >= 0.3 is 0 Å². The summed E-state index contributed by atoms with van der Waals surface area (Å²) >= 11 is 0. The Balaban J connectivity index is 0.00000200. The maximum Gasteiger partial charge on any atom is 0.151 e. The van der Waals surface area contributed by atoms with Crippen molar-refractivity contribution in [3.8, 4) is 0 Å². The highest BCUT2D eigenvalue weighted by molar-refractivity contribution is 5.85. The van der Waals surface area contributed by atoms with Gasteiger partial charge in [-0.25, -0.2) is 0 Å². The molecule has 2 heterocycles. The smallest absolute Gasteiger partial charge is 0.151 e. The Morgan fingerprint density at radius 1 is 1.35 bits per heavy atom. The fraction of sp³-hybridized carbons (Fsp3) is 0.571. The maximum atomic E-state index is 4.49. The van der Waals surface area contributed by atoms with Crippen LogP contribution in [0.25, 0.3) is 0 Å². The first-order valence-corrected chi connectivity index (χ1v) is 6.88. The Kier molecular flexibility index (Phi) is 6.07. The minimum Gasteiger partial charge on any atom is -0.363 e. The summed E-state index contributed by atoms with van der Waals surface area (Å²) in [6.07, 6.45) is 3.92. The molecular weight excluding hydrogens is 274 g/mol. The lowest BCUT2D eigenvalue weighted by atomic mass is 10.2. The van der Waals surface area contributed by atoms with Crippen LogP contribution in [0.1, 0.15) is 32.0 Å². The zero-order chi connectivity index (χ0) is 13.8. The van der Waals surface area contributed by atoms with Crippen LogP contribution in [-0.4, -0.2) is 19.6 Å². The SMILES string of the molecule is CCn1cc(C)c(NCc2ccnn2CC(C)C)n1.Cl. The second kappa shape index (κ2) is 7.33. The van der Waals surface area contributed by atoms with Gasteiger partial charge in [0.25, 0.3) is 0 Å². The molecule has 112 valence electrons. The molecular formula is C14H24ClN5. The van der Waals surface area contributed by atoms with Crippen molar-refractivity contribution in [2.24, 2.45) is 5.92 Å². The molecule has 0 unspecified atom stereocenters. The van der Waals surface area contributed by atoms with Gasteiger partial charge < -0.3 is 5.32 Å². The number of nitrogens with one attached hydrogen (secondary N) is 1. The second-order valence-electron chi connectivity index (χ2n) is 5.27. The van der Waals surface area contributed by atoms with Crippen molar-refractivity contribution < 1.29 is 0 Å². The van der Waals surface area contributed by atoms with E-state index < -0.39 is 0 Å². The van der Waals surface area contributed by atoms with E-state index >= 15 is 0 Å². The summed E-state index contributed by atoms with van der Waals surface area (Å²) in [6, 6.07) is 2.06. The average molecular weight is 298 g/mol. The first-order valence-electron chi connectivity index (χ1n) is 6.88.